The van der Waals surface area contributed by atoms with Crippen molar-refractivity contribution >= 4 is 23.7 Å². The number of carbonyl (C=O) groups is 1. The fourth-order valence-corrected chi connectivity index (χ4v) is 2.54. The number of carboxylic acids is 1. The quantitative estimate of drug-likeness (QED) is 0.819. The van der Waals surface area contributed by atoms with E-state index in [0.717, 1.165) is 18.4 Å². The molecule has 2 N–H and O–H groups in total. The highest BCUT2D eigenvalue weighted by atomic mass is 32.2. The van der Waals surface area contributed by atoms with Gasteiger partial charge in [-0.15, -0.1) is 0 Å². The van der Waals surface area contributed by atoms with E-state index in [2.05, 4.69) is 10.3 Å². The van der Waals surface area contributed by atoms with Crippen LogP contribution in [0.25, 0.3) is 0 Å². The minimum absolute atomic E-state index is 0.0547. The summed E-state index contributed by atoms with van der Waals surface area (Å²) in [5.41, 5.74) is -0.0547. The Morgan fingerprint density at radius 2 is 2.60 bits per heavy atom. The highest BCUT2D eigenvalue weighted by Gasteiger charge is 2.17. The van der Waals surface area contributed by atoms with Crippen molar-refractivity contribution in [1.29, 1.82) is 0 Å². The fourth-order valence-electron chi connectivity index (χ4n) is 1.47. The predicted molar refractivity (Wildman–Crippen MR) is 57.4 cm³/mol. The second kappa shape index (κ2) is 4.57. The molecule has 2 heterocycles. The summed E-state index contributed by atoms with van der Waals surface area (Å²) in [6.45, 7) is 0. The van der Waals surface area contributed by atoms with Gasteiger partial charge in [0.1, 0.15) is 6.26 Å². The van der Waals surface area contributed by atoms with Crippen LogP contribution in [0.1, 0.15) is 23.3 Å². The number of hydrogen-bond donors (Lipinski definition) is 2. The zero-order valence-electron chi connectivity index (χ0n) is 8.10. The van der Waals surface area contributed by atoms with E-state index in [-0.39, 0.29) is 5.69 Å². The van der Waals surface area contributed by atoms with E-state index < -0.39 is 5.97 Å². The molecular formula is C9H12N2O3S. The number of anilines is 1. The van der Waals surface area contributed by atoms with Gasteiger partial charge in [-0.3, -0.25) is 0 Å². The number of rotatable bonds is 3. The van der Waals surface area contributed by atoms with E-state index in [0.29, 0.717) is 12.1 Å². The van der Waals surface area contributed by atoms with Crippen LogP contribution < -0.4 is 5.32 Å². The minimum Gasteiger partial charge on any atom is -0.476 e. The Kier molecular flexibility index (Phi) is 3.15. The lowest BCUT2D eigenvalue weighted by Gasteiger charge is -2.21. The normalized spacial score (nSPS) is 21.2. The van der Waals surface area contributed by atoms with Gasteiger partial charge in [0, 0.05) is 11.8 Å². The molecule has 15 heavy (non-hydrogen) atoms. The average molecular weight is 228 g/mol. The zero-order chi connectivity index (χ0) is 10.7. The van der Waals surface area contributed by atoms with Crippen molar-refractivity contribution in [3.63, 3.8) is 0 Å². The van der Waals surface area contributed by atoms with Crippen LogP contribution in [0.2, 0.25) is 0 Å². The Balaban J connectivity index is 1.94. The van der Waals surface area contributed by atoms with Gasteiger partial charge in [-0.2, -0.15) is 16.7 Å². The van der Waals surface area contributed by atoms with Crippen molar-refractivity contribution in [3.8, 4) is 0 Å². The summed E-state index contributed by atoms with van der Waals surface area (Å²) in [5, 5.41) is 11.7. The Morgan fingerprint density at radius 1 is 1.73 bits per heavy atom. The summed E-state index contributed by atoms with van der Waals surface area (Å²) in [4.78, 5) is 14.4. The van der Waals surface area contributed by atoms with Crippen molar-refractivity contribution in [2.24, 2.45) is 0 Å². The molecular weight excluding hydrogens is 216 g/mol. The molecule has 2 rings (SSSR count). The molecule has 6 heteroatoms. The molecule has 0 spiro atoms. The third kappa shape index (κ3) is 2.65. The molecule has 5 nitrogen and oxygen atoms in total. The third-order valence-electron chi connectivity index (χ3n) is 2.21. The summed E-state index contributed by atoms with van der Waals surface area (Å²) >= 11 is 1.89. The maximum Gasteiger partial charge on any atom is 0.357 e. The van der Waals surface area contributed by atoms with Gasteiger partial charge in [-0.25, -0.2) is 4.79 Å². The first-order chi connectivity index (χ1) is 7.25. The lowest BCUT2D eigenvalue weighted by Crippen LogP contribution is -2.25. The topological polar surface area (TPSA) is 75.4 Å². The van der Waals surface area contributed by atoms with Gasteiger partial charge in [0.05, 0.1) is 0 Å². The molecule has 0 bridgehead atoms. The third-order valence-corrected chi connectivity index (χ3v) is 3.43. The highest BCUT2D eigenvalue weighted by Crippen LogP contribution is 2.20. The van der Waals surface area contributed by atoms with E-state index in [1.54, 1.807) is 0 Å². The summed E-state index contributed by atoms with van der Waals surface area (Å²) in [7, 11) is 0. The number of aromatic nitrogens is 1. The number of aromatic carboxylic acids is 1. The van der Waals surface area contributed by atoms with Crippen LogP contribution in [0, 0.1) is 0 Å². The number of hydrogen-bond acceptors (Lipinski definition) is 5. The maximum absolute atomic E-state index is 10.6. The standard InChI is InChI=1S/C9H12N2O3S/c12-8(13)7-4-14-9(11-7)10-6-2-1-3-15-5-6/h4,6H,1-3,5H2,(H,10,11)(H,12,13). The Hall–Kier alpha value is -1.17. The zero-order valence-corrected chi connectivity index (χ0v) is 8.92. The van der Waals surface area contributed by atoms with Crippen molar-refractivity contribution in [1.82, 2.24) is 4.98 Å². The van der Waals surface area contributed by atoms with Crippen LogP contribution >= 0.6 is 11.8 Å². The SMILES string of the molecule is O=C(O)c1coc(NC2CCCSC2)n1. The predicted octanol–water partition coefficient (Wildman–Crippen LogP) is 1.68. The van der Waals surface area contributed by atoms with Crippen molar-refractivity contribution < 1.29 is 14.3 Å². The van der Waals surface area contributed by atoms with Gasteiger partial charge >= 0.3 is 5.97 Å². The van der Waals surface area contributed by atoms with Crippen LogP contribution in [0.15, 0.2) is 10.7 Å². The number of nitrogens with one attached hydrogen (secondary N) is 1. The van der Waals surface area contributed by atoms with Crippen LogP contribution in [0.5, 0.6) is 0 Å². The Bertz CT molecular complexity index is 347. The van der Waals surface area contributed by atoms with Gasteiger partial charge in [0.25, 0.3) is 6.01 Å². The van der Waals surface area contributed by atoms with E-state index in [1.165, 1.54) is 12.2 Å². The number of nitrogens with zero attached hydrogens (tertiary/aromatic N) is 1. The second-order valence-electron chi connectivity index (χ2n) is 3.40. The lowest BCUT2D eigenvalue weighted by atomic mass is 10.2. The smallest absolute Gasteiger partial charge is 0.357 e. The molecule has 0 aromatic carbocycles. The molecule has 82 valence electrons. The van der Waals surface area contributed by atoms with Crippen molar-refractivity contribution in [2.45, 2.75) is 18.9 Å². The number of thioether (sulfide) groups is 1. The van der Waals surface area contributed by atoms with E-state index >= 15 is 0 Å². The number of oxazole rings is 1. The van der Waals surface area contributed by atoms with Gasteiger partial charge in [-0.05, 0) is 18.6 Å². The molecule has 0 saturated carbocycles. The fraction of sp³-hybridized carbons (Fsp3) is 0.556. The maximum atomic E-state index is 10.6. The molecule has 1 fully saturated rings. The molecule has 0 radical (unpaired) electrons. The average Bonchev–Trinajstić information content (AvgIpc) is 2.68. The van der Waals surface area contributed by atoms with E-state index in [1.807, 2.05) is 11.8 Å². The summed E-state index contributed by atoms with van der Waals surface area (Å²) < 4.78 is 5.02. The molecule has 1 saturated heterocycles. The summed E-state index contributed by atoms with van der Waals surface area (Å²) in [5.74, 6) is 1.15. The van der Waals surface area contributed by atoms with Crippen LogP contribution in [-0.2, 0) is 0 Å². The molecule has 1 aromatic heterocycles. The minimum atomic E-state index is -1.06. The van der Waals surface area contributed by atoms with Gasteiger partial charge in [-0.1, -0.05) is 0 Å². The van der Waals surface area contributed by atoms with Crippen molar-refractivity contribution in [2.75, 3.05) is 16.8 Å². The first-order valence-electron chi connectivity index (χ1n) is 4.79. The molecule has 1 aliphatic rings. The first-order valence-corrected chi connectivity index (χ1v) is 5.94. The highest BCUT2D eigenvalue weighted by molar-refractivity contribution is 7.99. The summed E-state index contributed by atoms with van der Waals surface area (Å²) in [6.07, 6.45) is 3.41. The van der Waals surface area contributed by atoms with Crippen molar-refractivity contribution in [3.05, 3.63) is 12.0 Å². The lowest BCUT2D eigenvalue weighted by molar-refractivity contribution is 0.0690. The number of carboxylic acid groups (broad SMARTS) is 1. The molecule has 1 aliphatic heterocycles. The molecule has 1 aromatic rings. The van der Waals surface area contributed by atoms with E-state index in [4.69, 9.17) is 9.52 Å². The molecule has 1 unspecified atom stereocenters. The Labute approximate surface area is 91.3 Å². The first kappa shape index (κ1) is 10.4. The van der Waals surface area contributed by atoms with Gasteiger partial charge < -0.3 is 14.8 Å². The molecule has 0 amide bonds. The molecule has 1 atom stereocenters. The monoisotopic (exact) mass is 228 g/mol. The largest absolute Gasteiger partial charge is 0.476 e. The van der Waals surface area contributed by atoms with Gasteiger partial charge in [0.15, 0.2) is 5.69 Å². The molecule has 0 aliphatic carbocycles. The van der Waals surface area contributed by atoms with E-state index in [9.17, 15) is 4.79 Å². The Morgan fingerprint density at radius 3 is 3.20 bits per heavy atom. The summed E-state index contributed by atoms with van der Waals surface area (Å²) in [6, 6.07) is 0.643. The van der Waals surface area contributed by atoms with Crippen LogP contribution in [0.4, 0.5) is 6.01 Å². The second-order valence-corrected chi connectivity index (χ2v) is 4.55. The van der Waals surface area contributed by atoms with Crippen LogP contribution in [0.3, 0.4) is 0 Å². The van der Waals surface area contributed by atoms with Crippen LogP contribution in [-0.4, -0.2) is 33.6 Å². The van der Waals surface area contributed by atoms with Gasteiger partial charge in [0.2, 0.25) is 0 Å².